The number of likely N-dealkylation sites (tertiary alicyclic amines) is 1. The smallest absolute Gasteiger partial charge is 0.222 e. The minimum absolute atomic E-state index is 0.403. The molecule has 1 aliphatic heterocycles. The Morgan fingerprint density at radius 2 is 1.58 bits per heavy atom. The summed E-state index contributed by atoms with van der Waals surface area (Å²) < 4.78 is 0. The Morgan fingerprint density at radius 1 is 0.958 bits per heavy atom. The lowest BCUT2D eigenvalue weighted by atomic mass is 10.1. The van der Waals surface area contributed by atoms with E-state index in [4.69, 9.17) is 0 Å². The minimum atomic E-state index is 0.403. The first kappa shape index (κ1) is 21.3. The van der Waals surface area contributed by atoms with E-state index in [9.17, 15) is 4.79 Å². The predicted octanol–water partition coefficient (Wildman–Crippen LogP) is 6.50. The van der Waals surface area contributed by atoms with Crippen LogP contribution in [0.4, 0.5) is 0 Å². The topological polar surface area (TPSA) is 20.3 Å². The molecule has 1 heterocycles. The van der Waals surface area contributed by atoms with Crippen LogP contribution < -0.4 is 0 Å². The lowest BCUT2D eigenvalue weighted by Crippen LogP contribution is -2.39. The van der Waals surface area contributed by atoms with Crippen molar-refractivity contribution < 1.29 is 4.79 Å². The van der Waals surface area contributed by atoms with Crippen LogP contribution in [0, 0.1) is 5.92 Å². The first-order valence-corrected chi connectivity index (χ1v) is 10.6. The van der Waals surface area contributed by atoms with Crippen LogP contribution in [0.1, 0.15) is 104 Å². The maximum atomic E-state index is 12.5. The zero-order valence-electron chi connectivity index (χ0n) is 16.6. The summed E-state index contributed by atoms with van der Waals surface area (Å²) in [6.07, 6.45) is 20.6. The Morgan fingerprint density at radius 3 is 2.25 bits per heavy atom. The van der Waals surface area contributed by atoms with Crippen LogP contribution in [0.15, 0.2) is 12.2 Å². The number of rotatable bonds is 11. The SMILES string of the molecule is C/C=C/CCCCCCCCCCC(=O)N1CC(C)CCCC1C. The molecule has 2 unspecified atom stereocenters. The van der Waals surface area contributed by atoms with Gasteiger partial charge < -0.3 is 4.90 Å². The Labute approximate surface area is 151 Å². The van der Waals surface area contributed by atoms with Crippen LogP contribution in [0.2, 0.25) is 0 Å². The van der Waals surface area contributed by atoms with Crippen molar-refractivity contribution in [3.63, 3.8) is 0 Å². The Kier molecular flexibility index (Phi) is 12.0. The summed E-state index contributed by atoms with van der Waals surface area (Å²) in [6.45, 7) is 7.59. The molecule has 140 valence electrons. The van der Waals surface area contributed by atoms with Gasteiger partial charge in [-0.3, -0.25) is 4.79 Å². The van der Waals surface area contributed by atoms with E-state index in [1.54, 1.807) is 0 Å². The molecule has 1 saturated heterocycles. The van der Waals surface area contributed by atoms with E-state index in [1.165, 1.54) is 70.6 Å². The quantitative estimate of drug-likeness (QED) is 0.312. The van der Waals surface area contributed by atoms with Crippen molar-refractivity contribution in [2.75, 3.05) is 6.54 Å². The molecule has 0 spiro atoms. The number of carbonyl (C=O) groups excluding carboxylic acids is 1. The third-order valence-electron chi connectivity index (χ3n) is 5.43. The zero-order chi connectivity index (χ0) is 17.6. The molecule has 0 aromatic heterocycles. The number of allylic oxidation sites excluding steroid dienone is 2. The molecule has 2 atom stereocenters. The van der Waals surface area contributed by atoms with Crippen LogP contribution in [0.5, 0.6) is 0 Å². The molecule has 24 heavy (non-hydrogen) atoms. The summed E-state index contributed by atoms with van der Waals surface area (Å²) in [5.74, 6) is 1.08. The predicted molar refractivity (Wildman–Crippen MR) is 105 cm³/mol. The summed E-state index contributed by atoms with van der Waals surface area (Å²) in [7, 11) is 0. The van der Waals surface area contributed by atoms with Gasteiger partial charge in [-0.2, -0.15) is 0 Å². The molecule has 2 nitrogen and oxygen atoms in total. The van der Waals surface area contributed by atoms with E-state index >= 15 is 0 Å². The van der Waals surface area contributed by atoms with Gasteiger partial charge in [0.2, 0.25) is 5.91 Å². The average molecular weight is 336 g/mol. The van der Waals surface area contributed by atoms with Gasteiger partial charge in [0.1, 0.15) is 0 Å². The molecule has 1 aliphatic rings. The molecule has 1 fully saturated rings. The Bertz CT molecular complexity index is 350. The Balaban J connectivity index is 2.01. The number of carbonyl (C=O) groups is 1. The molecule has 0 radical (unpaired) electrons. The van der Waals surface area contributed by atoms with E-state index < -0.39 is 0 Å². The summed E-state index contributed by atoms with van der Waals surface area (Å²) in [6, 6.07) is 0.449. The highest BCUT2D eigenvalue weighted by atomic mass is 16.2. The highest BCUT2D eigenvalue weighted by molar-refractivity contribution is 5.76. The fourth-order valence-corrected chi connectivity index (χ4v) is 3.78. The van der Waals surface area contributed by atoms with Crippen LogP contribution in [-0.4, -0.2) is 23.4 Å². The van der Waals surface area contributed by atoms with Crippen molar-refractivity contribution in [1.29, 1.82) is 0 Å². The second kappa shape index (κ2) is 13.5. The molecule has 0 aromatic rings. The van der Waals surface area contributed by atoms with Gasteiger partial charge in [-0.1, -0.05) is 64.0 Å². The van der Waals surface area contributed by atoms with Gasteiger partial charge in [-0.05, 0) is 51.9 Å². The molecule has 0 N–H and O–H groups in total. The van der Waals surface area contributed by atoms with Gasteiger partial charge in [0.15, 0.2) is 0 Å². The largest absolute Gasteiger partial charge is 0.340 e. The van der Waals surface area contributed by atoms with Crippen molar-refractivity contribution in [3.05, 3.63) is 12.2 Å². The Hall–Kier alpha value is -0.790. The van der Waals surface area contributed by atoms with Crippen LogP contribution in [-0.2, 0) is 4.79 Å². The standard InChI is InChI=1S/C22H41NO/c1-4-5-6-7-8-9-10-11-12-13-14-18-22(24)23-19-20(2)16-15-17-21(23)3/h4-5,20-21H,6-19H2,1-3H3/b5-4+. The molecule has 2 heteroatoms. The maximum Gasteiger partial charge on any atom is 0.222 e. The van der Waals surface area contributed by atoms with Crippen LogP contribution in [0.25, 0.3) is 0 Å². The van der Waals surface area contributed by atoms with Gasteiger partial charge in [0.25, 0.3) is 0 Å². The summed E-state index contributed by atoms with van der Waals surface area (Å²) >= 11 is 0. The van der Waals surface area contributed by atoms with Crippen molar-refractivity contribution in [1.82, 2.24) is 4.90 Å². The highest BCUT2D eigenvalue weighted by Crippen LogP contribution is 2.22. The second-order valence-electron chi connectivity index (χ2n) is 7.87. The molecule has 0 saturated carbocycles. The van der Waals surface area contributed by atoms with Crippen molar-refractivity contribution in [3.8, 4) is 0 Å². The summed E-state index contributed by atoms with van der Waals surface area (Å²) in [5, 5.41) is 0. The average Bonchev–Trinajstić information content (AvgIpc) is 2.73. The molecule has 1 amide bonds. The van der Waals surface area contributed by atoms with Crippen molar-refractivity contribution in [2.45, 2.75) is 110 Å². The number of hydrogen-bond acceptors (Lipinski definition) is 1. The van der Waals surface area contributed by atoms with E-state index in [-0.39, 0.29) is 0 Å². The fourth-order valence-electron chi connectivity index (χ4n) is 3.78. The van der Waals surface area contributed by atoms with Crippen LogP contribution >= 0.6 is 0 Å². The van der Waals surface area contributed by atoms with Gasteiger partial charge in [-0.25, -0.2) is 0 Å². The normalized spacial score (nSPS) is 22.0. The molecule has 0 aromatic carbocycles. The first-order valence-electron chi connectivity index (χ1n) is 10.6. The fraction of sp³-hybridized carbons (Fsp3) is 0.864. The monoisotopic (exact) mass is 335 g/mol. The van der Waals surface area contributed by atoms with E-state index in [1.807, 2.05) is 0 Å². The molecule has 0 aliphatic carbocycles. The van der Waals surface area contributed by atoms with Gasteiger partial charge in [0, 0.05) is 19.0 Å². The van der Waals surface area contributed by atoms with Gasteiger partial charge in [0.05, 0.1) is 0 Å². The second-order valence-corrected chi connectivity index (χ2v) is 7.87. The van der Waals surface area contributed by atoms with Gasteiger partial charge >= 0.3 is 0 Å². The molecule has 0 bridgehead atoms. The lowest BCUT2D eigenvalue weighted by molar-refractivity contribution is -0.133. The molecular formula is C22H41NO. The maximum absolute atomic E-state index is 12.5. The van der Waals surface area contributed by atoms with Crippen LogP contribution in [0.3, 0.4) is 0 Å². The van der Waals surface area contributed by atoms with E-state index in [0.29, 0.717) is 17.9 Å². The minimum Gasteiger partial charge on any atom is -0.340 e. The number of nitrogens with zero attached hydrogens (tertiary/aromatic N) is 1. The van der Waals surface area contributed by atoms with E-state index in [2.05, 4.69) is 37.8 Å². The molecular weight excluding hydrogens is 294 g/mol. The third kappa shape index (κ3) is 9.49. The van der Waals surface area contributed by atoms with Crippen molar-refractivity contribution >= 4 is 5.91 Å². The highest BCUT2D eigenvalue weighted by Gasteiger charge is 2.24. The van der Waals surface area contributed by atoms with Gasteiger partial charge in [-0.15, -0.1) is 0 Å². The number of hydrogen-bond donors (Lipinski definition) is 0. The lowest BCUT2D eigenvalue weighted by Gasteiger charge is -2.28. The summed E-state index contributed by atoms with van der Waals surface area (Å²) in [5.41, 5.74) is 0. The number of amides is 1. The molecule has 1 rings (SSSR count). The summed E-state index contributed by atoms with van der Waals surface area (Å²) in [4.78, 5) is 14.7. The van der Waals surface area contributed by atoms with Crippen molar-refractivity contribution in [2.24, 2.45) is 5.92 Å². The number of unbranched alkanes of at least 4 members (excludes halogenated alkanes) is 8. The van der Waals surface area contributed by atoms with E-state index in [0.717, 1.165) is 19.4 Å². The first-order chi connectivity index (χ1) is 11.6. The third-order valence-corrected chi connectivity index (χ3v) is 5.43. The zero-order valence-corrected chi connectivity index (χ0v) is 16.6.